The third-order valence-electron chi connectivity index (χ3n) is 5.61. The molecule has 2 aliphatic carbocycles. The topological polar surface area (TPSA) is 62.3 Å². The summed E-state index contributed by atoms with van der Waals surface area (Å²) in [5.74, 6) is 1.15. The highest BCUT2D eigenvalue weighted by atomic mass is 32.2. The molecule has 4 rings (SSSR count). The van der Waals surface area contributed by atoms with Gasteiger partial charge in [-0.1, -0.05) is 60.6 Å². The van der Waals surface area contributed by atoms with Crippen molar-refractivity contribution in [1.29, 1.82) is 0 Å². The van der Waals surface area contributed by atoms with Crippen LogP contribution in [0.25, 0.3) is 0 Å². The Labute approximate surface area is 190 Å². The zero-order valence-corrected chi connectivity index (χ0v) is 19.6. The molecule has 1 unspecified atom stereocenters. The van der Waals surface area contributed by atoms with Gasteiger partial charge >= 0.3 is 6.03 Å². The van der Waals surface area contributed by atoms with Crippen molar-refractivity contribution >= 4 is 51.8 Å². The lowest BCUT2D eigenvalue weighted by Crippen LogP contribution is -2.45. The van der Waals surface area contributed by atoms with E-state index in [1.54, 1.807) is 29.7 Å². The molecule has 0 saturated heterocycles. The van der Waals surface area contributed by atoms with Crippen molar-refractivity contribution in [2.45, 2.75) is 65.3 Å². The molecule has 2 saturated carbocycles. The Balaban J connectivity index is 1.36. The fourth-order valence-electron chi connectivity index (χ4n) is 3.73. The Bertz CT molecular complexity index is 883. The van der Waals surface area contributed by atoms with E-state index in [0.717, 1.165) is 29.3 Å². The zero-order valence-electron chi connectivity index (χ0n) is 17.1. The normalized spacial score (nSPS) is 21.4. The number of benzene rings is 1. The first-order valence-corrected chi connectivity index (χ1v) is 13.1. The van der Waals surface area contributed by atoms with Crippen LogP contribution in [0.15, 0.2) is 45.6 Å². The minimum absolute atomic E-state index is 0.0600. The maximum absolute atomic E-state index is 13.1. The van der Waals surface area contributed by atoms with E-state index in [1.807, 2.05) is 30.0 Å². The summed E-state index contributed by atoms with van der Waals surface area (Å²) in [6.45, 7) is 2.68. The van der Waals surface area contributed by atoms with Gasteiger partial charge in [0, 0.05) is 29.7 Å². The molecule has 0 radical (unpaired) electrons. The molecule has 1 aromatic carbocycles. The predicted molar refractivity (Wildman–Crippen MR) is 126 cm³/mol. The Hall–Kier alpha value is -1.51. The number of nitrogens with one attached hydrogen (secondary N) is 1. The van der Waals surface area contributed by atoms with Crippen molar-refractivity contribution in [2.75, 3.05) is 17.6 Å². The predicted octanol–water partition coefficient (Wildman–Crippen LogP) is 5.93. The second kappa shape index (κ2) is 9.75. The van der Waals surface area contributed by atoms with Gasteiger partial charge in [-0.2, -0.15) is 0 Å². The maximum atomic E-state index is 13.1. The fraction of sp³-hybridized carbons (Fsp3) is 0.500. The van der Waals surface area contributed by atoms with Crippen LogP contribution in [0.2, 0.25) is 0 Å². The molecule has 30 heavy (non-hydrogen) atoms. The Morgan fingerprint density at radius 3 is 2.70 bits per heavy atom. The van der Waals surface area contributed by atoms with Crippen LogP contribution in [0.5, 0.6) is 0 Å². The van der Waals surface area contributed by atoms with Crippen molar-refractivity contribution in [1.82, 2.24) is 9.88 Å². The molecule has 0 bridgehead atoms. The first-order chi connectivity index (χ1) is 14.5. The summed E-state index contributed by atoms with van der Waals surface area (Å²) in [6.07, 6.45) is 8.15. The number of anilines is 1. The molecule has 0 spiro atoms. The largest absolute Gasteiger partial charge is 0.323 e. The highest BCUT2D eigenvalue weighted by Crippen LogP contribution is 2.49. The summed E-state index contributed by atoms with van der Waals surface area (Å²) < 4.78 is 0.680. The van der Waals surface area contributed by atoms with Crippen LogP contribution in [-0.2, 0) is 4.79 Å². The molecule has 1 heterocycles. The summed E-state index contributed by atoms with van der Waals surface area (Å²) in [5.41, 5.74) is 0. The summed E-state index contributed by atoms with van der Waals surface area (Å²) in [5, 5.41) is 3.62. The van der Waals surface area contributed by atoms with Crippen LogP contribution in [0.4, 0.5) is 9.93 Å². The Kier molecular flexibility index (Phi) is 7.05. The minimum atomic E-state index is -0.295. The summed E-state index contributed by atoms with van der Waals surface area (Å²) in [7, 11) is 0. The lowest BCUT2D eigenvalue weighted by molar-refractivity contribution is -0.110. The van der Waals surface area contributed by atoms with Crippen molar-refractivity contribution in [3.05, 3.63) is 36.5 Å². The number of carbonyl (C=O) groups is 2. The maximum Gasteiger partial charge on any atom is 0.323 e. The molecule has 5 nitrogen and oxygen atoms in total. The number of Topliss-reactive ketones (excluding diaryl/α,β-unsaturated/α-hetero) is 1. The van der Waals surface area contributed by atoms with Crippen LogP contribution in [0, 0.1) is 0 Å². The van der Waals surface area contributed by atoms with Gasteiger partial charge < -0.3 is 4.90 Å². The van der Waals surface area contributed by atoms with Crippen molar-refractivity contribution in [2.24, 2.45) is 0 Å². The third-order valence-corrected chi connectivity index (χ3v) is 8.94. The lowest BCUT2D eigenvalue weighted by atomic mass is 9.94. The lowest BCUT2D eigenvalue weighted by Gasteiger charge is -2.34. The molecule has 8 heteroatoms. The molecule has 2 fully saturated rings. The second-order valence-electron chi connectivity index (χ2n) is 7.99. The number of ketones is 1. The van der Waals surface area contributed by atoms with E-state index in [2.05, 4.69) is 22.4 Å². The van der Waals surface area contributed by atoms with Gasteiger partial charge in [-0.3, -0.25) is 10.1 Å². The number of thiazole rings is 1. The number of nitrogens with zero attached hydrogens (tertiary/aromatic N) is 2. The quantitative estimate of drug-likeness (QED) is 0.494. The molecule has 1 atom stereocenters. The van der Waals surface area contributed by atoms with Crippen molar-refractivity contribution in [3.63, 3.8) is 0 Å². The molecule has 1 aromatic heterocycles. The van der Waals surface area contributed by atoms with Gasteiger partial charge in [0.2, 0.25) is 0 Å². The molecule has 1 N–H and O–H groups in total. The first-order valence-electron chi connectivity index (χ1n) is 10.5. The molecule has 2 aromatic rings. The number of amides is 2. The number of aromatic nitrogens is 1. The van der Waals surface area contributed by atoms with Crippen LogP contribution in [0.1, 0.15) is 45.4 Å². The van der Waals surface area contributed by atoms with Gasteiger partial charge in [0.05, 0.1) is 15.2 Å². The summed E-state index contributed by atoms with van der Waals surface area (Å²) in [6, 6.07) is 10.6. The number of carbonyl (C=O) groups excluding carboxylic acids is 2. The average Bonchev–Trinajstić information content (AvgIpc) is 3.12. The van der Waals surface area contributed by atoms with Gasteiger partial charge in [0.25, 0.3) is 0 Å². The molecule has 2 amide bonds. The average molecular weight is 462 g/mol. The summed E-state index contributed by atoms with van der Waals surface area (Å²) >= 11 is 4.79. The van der Waals surface area contributed by atoms with E-state index in [0.29, 0.717) is 17.6 Å². The van der Waals surface area contributed by atoms with Crippen molar-refractivity contribution < 1.29 is 9.59 Å². The van der Waals surface area contributed by atoms with Gasteiger partial charge in [0.15, 0.2) is 10.9 Å². The molecular weight excluding hydrogens is 434 g/mol. The van der Waals surface area contributed by atoms with Crippen molar-refractivity contribution in [3.8, 4) is 0 Å². The third kappa shape index (κ3) is 5.59. The fourth-order valence-corrected chi connectivity index (χ4v) is 6.96. The van der Waals surface area contributed by atoms with Crippen LogP contribution in [-0.4, -0.2) is 44.8 Å². The number of hydrogen-bond donors (Lipinski definition) is 1. The van der Waals surface area contributed by atoms with Crippen LogP contribution >= 0.6 is 34.9 Å². The van der Waals surface area contributed by atoms with Gasteiger partial charge in [0.1, 0.15) is 0 Å². The van der Waals surface area contributed by atoms with E-state index in [1.165, 1.54) is 35.5 Å². The number of thioether (sulfide) groups is 2. The van der Waals surface area contributed by atoms with Gasteiger partial charge in [-0.05, 0) is 31.9 Å². The monoisotopic (exact) mass is 461 g/mol. The highest BCUT2D eigenvalue weighted by Gasteiger charge is 2.50. The number of rotatable bonds is 8. The highest BCUT2D eigenvalue weighted by molar-refractivity contribution is 8.03. The molecular formula is C22H27N3O2S3. The Morgan fingerprint density at radius 1 is 1.27 bits per heavy atom. The van der Waals surface area contributed by atoms with E-state index in [9.17, 15) is 9.59 Å². The number of hydrogen-bond acceptors (Lipinski definition) is 6. The zero-order chi connectivity index (χ0) is 21.0. The summed E-state index contributed by atoms with van der Waals surface area (Å²) in [4.78, 5) is 32.3. The van der Waals surface area contributed by atoms with E-state index < -0.39 is 0 Å². The Morgan fingerprint density at radius 2 is 2.00 bits per heavy atom. The van der Waals surface area contributed by atoms with Gasteiger partial charge in [-0.25, -0.2) is 9.78 Å². The van der Waals surface area contributed by atoms with E-state index in [-0.39, 0.29) is 16.6 Å². The minimum Gasteiger partial charge on any atom is -0.321 e. The van der Waals surface area contributed by atoms with Crippen LogP contribution < -0.4 is 5.32 Å². The number of urea groups is 1. The van der Waals surface area contributed by atoms with Gasteiger partial charge in [-0.15, -0.1) is 11.8 Å². The van der Waals surface area contributed by atoms with Crippen LogP contribution in [0.3, 0.4) is 0 Å². The SMILES string of the molecule is CC1(Sc2cnc(NC(=O)N(CCSc3ccccc3)C3CCCCC3)s2)CC1=O. The molecule has 2 aliphatic rings. The standard InChI is InChI=1S/C22H27N3O2S3/c1-22(14-18(22)26)30-19-15-23-20(29-19)24-21(27)25(16-8-4-2-5-9-16)12-13-28-17-10-6-3-7-11-17/h3,6-7,10-11,15-16H,2,4-5,8-9,12-14H2,1H3,(H,23,24,27). The first kappa shape index (κ1) is 21.7. The smallest absolute Gasteiger partial charge is 0.321 e. The van der Waals surface area contributed by atoms with E-state index in [4.69, 9.17) is 0 Å². The molecule has 0 aliphatic heterocycles. The van der Waals surface area contributed by atoms with E-state index >= 15 is 0 Å². The molecule has 160 valence electrons. The second-order valence-corrected chi connectivity index (χ2v) is 12.0.